The predicted molar refractivity (Wildman–Crippen MR) is 84.0 cm³/mol. The largest absolute Gasteiger partial charge is 0.481 e. The lowest BCUT2D eigenvalue weighted by Crippen LogP contribution is -2.15. The van der Waals surface area contributed by atoms with Crippen molar-refractivity contribution in [3.8, 4) is 11.3 Å². The minimum Gasteiger partial charge on any atom is -0.481 e. The number of benzene rings is 2. The number of carbonyl (C=O) groups is 1. The number of hydrogen-bond acceptors (Lipinski definition) is 3. The topological polar surface area (TPSA) is 67.5 Å². The Balaban J connectivity index is 2.33. The maximum absolute atomic E-state index is 12.6. The Morgan fingerprint density at radius 2 is 1.77 bits per heavy atom. The zero-order chi connectivity index (χ0) is 15.7. The van der Waals surface area contributed by atoms with Crippen LogP contribution in [0, 0.1) is 6.92 Å². The van der Waals surface area contributed by atoms with Crippen LogP contribution in [0.3, 0.4) is 0 Å². The molecule has 0 fully saturated rings. The van der Waals surface area contributed by atoms with Crippen LogP contribution in [0.25, 0.3) is 22.3 Å². The van der Waals surface area contributed by atoms with E-state index in [2.05, 4.69) is 0 Å². The SMILES string of the molecule is Cc1ccc(-c2oc3ccccc3c(=O)c2CC(=O)O)cc1. The molecule has 3 rings (SSSR count). The first kappa shape index (κ1) is 14.1. The van der Waals surface area contributed by atoms with Gasteiger partial charge < -0.3 is 9.52 Å². The molecule has 2 aromatic carbocycles. The highest BCUT2D eigenvalue weighted by atomic mass is 16.4. The number of para-hydroxylation sites is 1. The number of carboxylic acid groups (broad SMARTS) is 1. The molecule has 0 atom stereocenters. The molecule has 0 spiro atoms. The van der Waals surface area contributed by atoms with Crippen molar-refractivity contribution >= 4 is 16.9 Å². The van der Waals surface area contributed by atoms with Gasteiger partial charge in [-0.25, -0.2) is 0 Å². The van der Waals surface area contributed by atoms with E-state index in [4.69, 9.17) is 9.52 Å². The van der Waals surface area contributed by atoms with Gasteiger partial charge in [-0.05, 0) is 19.1 Å². The molecule has 0 saturated carbocycles. The van der Waals surface area contributed by atoms with Gasteiger partial charge in [-0.15, -0.1) is 0 Å². The number of carboxylic acids is 1. The zero-order valence-corrected chi connectivity index (χ0v) is 12.0. The van der Waals surface area contributed by atoms with Gasteiger partial charge in [0.1, 0.15) is 11.3 Å². The second kappa shape index (κ2) is 5.48. The molecule has 1 heterocycles. The predicted octanol–water partition coefficient (Wildman–Crippen LogP) is 3.40. The quantitative estimate of drug-likeness (QED) is 0.804. The van der Waals surface area contributed by atoms with E-state index in [0.717, 1.165) is 5.56 Å². The Morgan fingerprint density at radius 1 is 1.09 bits per heavy atom. The van der Waals surface area contributed by atoms with E-state index in [1.54, 1.807) is 24.3 Å². The number of rotatable bonds is 3. The van der Waals surface area contributed by atoms with Crippen molar-refractivity contribution in [2.75, 3.05) is 0 Å². The molecule has 0 unspecified atom stereocenters. The molecular formula is C18H14O4. The molecule has 22 heavy (non-hydrogen) atoms. The number of fused-ring (bicyclic) bond motifs is 1. The summed E-state index contributed by atoms with van der Waals surface area (Å²) in [5.74, 6) is -0.734. The van der Waals surface area contributed by atoms with E-state index in [-0.39, 0.29) is 17.4 Å². The normalized spacial score (nSPS) is 10.8. The minimum atomic E-state index is -1.06. The van der Waals surface area contributed by atoms with E-state index in [9.17, 15) is 9.59 Å². The van der Waals surface area contributed by atoms with Crippen LogP contribution in [-0.2, 0) is 11.2 Å². The van der Waals surface area contributed by atoms with Gasteiger partial charge in [0, 0.05) is 5.56 Å². The summed E-state index contributed by atoms with van der Waals surface area (Å²) in [6, 6.07) is 14.3. The average Bonchev–Trinajstić information content (AvgIpc) is 2.50. The molecule has 0 bridgehead atoms. The molecule has 0 saturated heterocycles. The van der Waals surface area contributed by atoms with Crippen LogP contribution >= 0.6 is 0 Å². The zero-order valence-electron chi connectivity index (χ0n) is 12.0. The highest BCUT2D eigenvalue weighted by molar-refractivity contribution is 5.83. The molecule has 1 aromatic heterocycles. The fourth-order valence-electron chi connectivity index (χ4n) is 2.43. The van der Waals surface area contributed by atoms with E-state index in [1.165, 1.54) is 0 Å². The van der Waals surface area contributed by atoms with E-state index in [1.807, 2.05) is 31.2 Å². The molecule has 1 N–H and O–H groups in total. The molecule has 4 nitrogen and oxygen atoms in total. The summed E-state index contributed by atoms with van der Waals surface area (Å²) in [6.07, 6.45) is -0.365. The maximum atomic E-state index is 12.6. The van der Waals surface area contributed by atoms with Crippen LogP contribution < -0.4 is 5.43 Å². The third-order valence-electron chi connectivity index (χ3n) is 3.53. The van der Waals surface area contributed by atoms with E-state index < -0.39 is 5.97 Å². The fourth-order valence-corrected chi connectivity index (χ4v) is 2.43. The highest BCUT2D eigenvalue weighted by Crippen LogP contribution is 2.26. The van der Waals surface area contributed by atoms with Gasteiger partial charge in [0.2, 0.25) is 0 Å². The van der Waals surface area contributed by atoms with Crippen molar-refractivity contribution in [1.29, 1.82) is 0 Å². The van der Waals surface area contributed by atoms with Gasteiger partial charge in [0.05, 0.1) is 17.4 Å². The lowest BCUT2D eigenvalue weighted by molar-refractivity contribution is -0.136. The average molecular weight is 294 g/mol. The molecule has 3 aromatic rings. The maximum Gasteiger partial charge on any atom is 0.308 e. The molecule has 4 heteroatoms. The summed E-state index contributed by atoms with van der Waals surface area (Å²) in [7, 11) is 0. The Bertz CT molecular complexity index is 905. The molecule has 0 radical (unpaired) electrons. The third-order valence-corrected chi connectivity index (χ3v) is 3.53. The second-order valence-electron chi connectivity index (χ2n) is 5.17. The summed E-state index contributed by atoms with van der Waals surface area (Å²) >= 11 is 0. The summed E-state index contributed by atoms with van der Waals surface area (Å²) in [5.41, 5.74) is 2.11. The van der Waals surface area contributed by atoms with Gasteiger partial charge in [-0.2, -0.15) is 0 Å². The fraction of sp³-hybridized carbons (Fsp3) is 0.111. The second-order valence-corrected chi connectivity index (χ2v) is 5.17. The van der Waals surface area contributed by atoms with E-state index >= 15 is 0 Å². The van der Waals surface area contributed by atoms with Crippen molar-refractivity contribution in [1.82, 2.24) is 0 Å². The van der Waals surface area contributed by atoms with Crippen LogP contribution in [0.4, 0.5) is 0 Å². The molecule has 0 aliphatic heterocycles. The van der Waals surface area contributed by atoms with Gasteiger partial charge in [0.25, 0.3) is 0 Å². The molecular weight excluding hydrogens is 280 g/mol. The number of aliphatic carboxylic acids is 1. The number of hydrogen-bond donors (Lipinski definition) is 1. The summed E-state index contributed by atoms with van der Waals surface area (Å²) in [5, 5.41) is 9.50. The Hall–Kier alpha value is -2.88. The molecule has 0 aliphatic rings. The van der Waals surface area contributed by atoms with Crippen LogP contribution in [0.5, 0.6) is 0 Å². The van der Waals surface area contributed by atoms with E-state index in [0.29, 0.717) is 22.3 Å². The van der Waals surface area contributed by atoms with Gasteiger partial charge in [0.15, 0.2) is 5.43 Å². The number of aryl methyl sites for hydroxylation is 1. The minimum absolute atomic E-state index is 0.176. The van der Waals surface area contributed by atoms with Crippen LogP contribution in [0.15, 0.2) is 57.7 Å². The molecule has 0 amide bonds. The Labute approximate surface area is 126 Å². The Morgan fingerprint density at radius 3 is 2.45 bits per heavy atom. The molecule has 110 valence electrons. The first-order valence-electron chi connectivity index (χ1n) is 6.90. The van der Waals surface area contributed by atoms with Crippen LogP contribution in [0.2, 0.25) is 0 Å². The summed E-state index contributed by atoms with van der Waals surface area (Å²) < 4.78 is 5.84. The van der Waals surface area contributed by atoms with Gasteiger partial charge >= 0.3 is 5.97 Å². The third kappa shape index (κ3) is 2.51. The summed E-state index contributed by atoms with van der Waals surface area (Å²) in [4.78, 5) is 23.7. The molecule has 0 aliphatic carbocycles. The van der Waals surface area contributed by atoms with Gasteiger partial charge in [-0.1, -0.05) is 42.0 Å². The monoisotopic (exact) mass is 294 g/mol. The van der Waals surface area contributed by atoms with Gasteiger partial charge in [-0.3, -0.25) is 9.59 Å². The standard InChI is InChI=1S/C18H14O4/c1-11-6-8-12(9-7-11)18-14(10-16(19)20)17(21)13-4-2-3-5-15(13)22-18/h2-9H,10H2,1H3,(H,19,20). The van der Waals surface area contributed by atoms with Crippen molar-refractivity contribution in [3.05, 3.63) is 69.9 Å². The first-order chi connectivity index (χ1) is 10.6. The van der Waals surface area contributed by atoms with Crippen molar-refractivity contribution in [2.45, 2.75) is 13.3 Å². The summed E-state index contributed by atoms with van der Waals surface area (Å²) in [6.45, 7) is 1.96. The lowest BCUT2D eigenvalue weighted by atomic mass is 10.0. The Kier molecular flexibility index (Phi) is 3.51. The smallest absolute Gasteiger partial charge is 0.308 e. The lowest BCUT2D eigenvalue weighted by Gasteiger charge is -2.09. The first-order valence-corrected chi connectivity index (χ1v) is 6.90. The van der Waals surface area contributed by atoms with Crippen molar-refractivity contribution in [3.63, 3.8) is 0 Å². The van der Waals surface area contributed by atoms with Crippen molar-refractivity contribution in [2.24, 2.45) is 0 Å². The van der Waals surface area contributed by atoms with Crippen molar-refractivity contribution < 1.29 is 14.3 Å². The van der Waals surface area contributed by atoms with Crippen LogP contribution in [-0.4, -0.2) is 11.1 Å². The van der Waals surface area contributed by atoms with Crippen LogP contribution in [0.1, 0.15) is 11.1 Å². The highest BCUT2D eigenvalue weighted by Gasteiger charge is 2.18.